The highest BCUT2D eigenvalue weighted by Crippen LogP contribution is 2.30. The molecule has 1 fully saturated rings. The highest BCUT2D eigenvalue weighted by Gasteiger charge is 2.29. The molecule has 0 bridgehead atoms. The predicted octanol–water partition coefficient (Wildman–Crippen LogP) is 2.89. The van der Waals surface area contributed by atoms with Gasteiger partial charge in [0.05, 0.1) is 22.5 Å². The van der Waals surface area contributed by atoms with Crippen LogP contribution in [-0.2, 0) is 4.79 Å². The minimum atomic E-state index is -1.12. The van der Waals surface area contributed by atoms with Crippen LogP contribution in [0.2, 0.25) is 0 Å². The van der Waals surface area contributed by atoms with Crippen LogP contribution in [0.4, 0.5) is 11.4 Å². The molecule has 27 heavy (non-hydrogen) atoms. The van der Waals surface area contributed by atoms with Crippen molar-refractivity contribution in [1.82, 2.24) is 5.01 Å². The van der Waals surface area contributed by atoms with E-state index in [2.05, 4.69) is 10.1 Å². The van der Waals surface area contributed by atoms with Crippen LogP contribution in [0.25, 0.3) is 0 Å². The van der Waals surface area contributed by atoms with Crippen molar-refractivity contribution in [2.45, 2.75) is 0 Å². The summed E-state index contributed by atoms with van der Waals surface area (Å²) in [7, 11) is 0. The maximum absolute atomic E-state index is 12.1. The lowest BCUT2D eigenvalue weighted by atomic mass is 10.1. The van der Waals surface area contributed by atoms with Gasteiger partial charge in [0.25, 0.3) is 11.6 Å². The molecule has 0 spiro atoms. The number of rotatable bonds is 5. The third kappa shape index (κ3) is 4.01. The average Bonchev–Trinajstić information content (AvgIpc) is 3.00. The second kappa shape index (κ2) is 7.79. The molecule has 136 valence electrons. The minimum absolute atomic E-state index is 0.0396. The van der Waals surface area contributed by atoms with Crippen molar-refractivity contribution in [3.63, 3.8) is 0 Å². The maximum atomic E-state index is 12.1. The number of hydrogen-bond acceptors (Lipinski definition) is 7. The number of aliphatic imine (C=N–C) groups is 1. The highest BCUT2D eigenvalue weighted by molar-refractivity contribution is 8.15. The molecule has 1 aliphatic heterocycles. The van der Waals surface area contributed by atoms with Gasteiger partial charge < -0.3 is 5.11 Å². The van der Waals surface area contributed by atoms with Gasteiger partial charge in [-0.15, -0.1) is 0 Å². The Hall–Kier alpha value is -3.53. The van der Waals surface area contributed by atoms with Crippen molar-refractivity contribution >= 4 is 46.4 Å². The summed E-state index contributed by atoms with van der Waals surface area (Å²) in [5, 5.41) is 25.6. The van der Waals surface area contributed by atoms with Gasteiger partial charge in [-0.25, -0.2) is 9.79 Å². The average molecular weight is 384 g/mol. The number of aromatic carboxylic acids is 1. The third-order valence-electron chi connectivity index (χ3n) is 3.54. The minimum Gasteiger partial charge on any atom is -0.478 e. The van der Waals surface area contributed by atoms with Crippen LogP contribution in [0.1, 0.15) is 15.9 Å². The monoisotopic (exact) mass is 384 g/mol. The summed E-state index contributed by atoms with van der Waals surface area (Å²) in [6.07, 6.45) is 1.25. The fourth-order valence-corrected chi connectivity index (χ4v) is 3.10. The van der Waals surface area contributed by atoms with Crippen molar-refractivity contribution in [3.05, 3.63) is 69.8 Å². The van der Waals surface area contributed by atoms with Crippen LogP contribution in [-0.4, -0.2) is 44.1 Å². The van der Waals surface area contributed by atoms with Crippen LogP contribution in [0.15, 0.2) is 58.6 Å². The van der Waals surface area contributed by atoms with E-state index in [1.165, 1.54) is 30.5 Å². The number of hydrazone groups is 1. The zero-order valence-corrected chi connectivity index (χ0v) is 14.5. The van der Waals surface area contributed by atoms with Crippen molar-refractivity contribution in [1.29, 1.82) is 0 Å². The van der Waals surface area contributed by atoms with Gasteiger partial charge in [0.2, 0.25) is 0 Å². The molecule has 0 radical (unpaired) electrons. The Kier molecular flexibility index (Phi) is 5.27. The summed E-state index contributed by atoms with van der Waals surface area (Å²) >= 11 is 1.09. The first-order valence-corrected chi connectivity index (χ1v) is 8.60. The Balaban J connectivity index is 1.95. The quantitative estimate of drug-likeness (QED) is 0.480. The van der Waals surface area contributed by atoms with Crippen LogP contribution >= 0.6 is 11.8 Å². The number of nitro benzene ring substituents is 1. The fraction of sp³-hybridized carbons (Fsp3) is 0.0588. The summed E-state index contributed by atoms with van der Waals surface area (Å²) in [5.41, 5.74) is 0.272. The van der Waals surface area contributed by atoms with Crippen molar-refractivity contribution in [2.24, 2.45) is 10.1 Å². The molecule has 1 heterocycles. The van der Waals surface area contributed by atoms with Crippen molar-refractivity contribution in [2.75, 3.05) is 5.75 Å². The molecule has 0 atom stereocenters. The number of carbonyl (C=O) groups is 2. The van der Waals surface area contributed by atoms with E-state index in [-0.39, 0.29) is 33.8 Å². The van der Waals surface area contributed by atoms with Gasteiger partial charge in [-0.3, -0.25) is 14.9 Å². The molecule has 0 aliphatic carbocycles. The number of nitro groups is 1. The lowest BCUT2D eigenvalue weighted by Gasteiger charge is -2.09. The first-order chi connectivity index (χ1) is 13.0. The van der Waals surface area contributed by atoms with Gasteiger partial charge >= 0.3 is 5.97 Å². The Morgan fingerprint density at radius 2 is 1.93 bits per heavy atom. The fourth-order valence-electron chi connectivity index (χ4n) is 2.29. The SMILES string of the molecule is O=C(O)c1ccccc1/C=N\N1C(=O)CSC1=Nc1ccccc1[N+](=O)[O-]. The summed E-state index contributed by atoms with van der Waals surface area (Å²) in [5.74, 6) is -1.40. The molecule has 2 aromatic carbocycles. The predicted molar refractivity (Wildman–Crippen MR) is 100 cm³/mol. The van der Waals surface area contributed by atoms with Crippen LogP contribution in [0.3, 0.4) is 0 Å². The molecule has 2 aromatic rings. The molecule has 1 saturated heterocycles. The third-order valence-corrected chi connectivity index (χ3v) is 4.45. The van der Waals surface area contributed by atoms with Gasteiger partial charge in [0, 0.05) is 11.6 Å². The van der Waals surface area contributed by atoms with Gasteiger partial charge in [0.15, 0.2) is 5.17 Å². The van der Waals surface area contributed by atoms with E-state index < -0.39 is 10.9 Å². The Morgan fingerprint density at radius 3 is 2.67 bits per heavy atom. The van der Waals surface area contributed by atoms with E-state index in [0.29, 0.717) is 5.56 Å². The van der Waals surface area contributed by atoms with E-state index in [1.807, 2.05) is 0 Å². The first-order valence-electron chi connectivity index (χ1n) is 7.61. The molecule has 3 rings (SSSR count). The zero-order chi connectivity index (χ0) is 19.4. The number of thioether (sulfide) groups is 1. The summed E-state index contributed by atoms with van der Waals surface area (Å²) in [4.78, 5) is 38.1. The number of hydrogen-bond donors (Lipinski definition) is 1. The van der Waals surface area contributed by atoms with Gasteiger partial charge in [-0.05, 0) is 12.1 Å². The molecular weight excluding hydrogens is 372 g/mol. The van der Waals surface area contributed by atoms with E-state index in [4.69, 9.17) is 0 Å². The first kappa shape index (κ1) is 18.3. The molecular formula is C17H12N4O5S. The number of benzene rings is 2. The smallest absolute Gasteiger partial charge is 0.336 e. The second-order valence-electron chi connectivity index (χ2n) is 5.27. The summed E-state index contributed by atoms with van der Waals surface area (Å²) in [6.45, 7) is 0. The largest absolute Gasteiger partial charge is 0.478 e. The van der Waals surface area contributed by atoms with Crippen molar-refractivity contribution < 1.29 is 19.6 Å². The number of carboxylic acid groups (broad SMARTS) is 1. The van der Waals surface area contributed by atoms with Gasteiger partial charge in [0.1, 0.15) is 5.69 Å². The van der Waals surface area contributed by atoms with Crippen LogP contribution in [0.5, 0.6) is 0 Å². The van der Waals surface area contributed by atoms with Crippen LogP contribution < -0.4 is 0 Å². The Labute approximate surface area is 157 Å². The Bertz CT molecular complexity index is 989. The van der Waals surface area contributed by atoms with E-state index >= 15 is 0 Å². The Morgan fingerprint density at radius 1 is 1.22 bits per heavy atom. The van der Waals surface area contributed by atoms with Gasteiger partial charge in [-0.1, -0.05) is 42.1 Å². The van der Waals surface area contributed by atoms with Crippen LogP contribution in [0, 0.1) is 10.1 Å². The van der Waals surface area contributed by atoms with E-state index in [0.717, 1.165) is 16.8 Å². The van der Waals surface area contributed by atoms with Gasteiger partial charge in [-0.2, -0.15) is 10.1 Å². The number of carboxylic acids is 1. The van der Waals surface area contributed by atoms with E-state index in [9.17, 15) is 24.8 Å². The number of amidine groups is 1. The summed E-state index contributed by atoms with van der Waals surface area (Å²) < 4.78 is 0. The second-order valence-corrected chi connectivity index (χ2v) is 6.21. The molecule has 9 nitrogen and oxygen atoms in total. The highest BCUT2D eigenvalue weighted by atomic mass is 32.2. The molecule has 0 unspecified atom stereocenters. The number of nitrogens with zero attached hydrogens (tertiary/aromatic N) is 4. The number of carbonyl (C=O) groups excluding carboxylic acids is 1. The standard InChI is InChI=1S/C17H12N4O5S/c22-15-10-27-17(19-13-7-3-4-8-14(13)21(25)26)20(15)18-9-11-5-1-2-6-12(11)16(23)24/h1-9H,10H2,(H,23,24)/b18-9-,19-17?. The lowest BCUT2D eigenvalue weighted by molar-refractivity contribution is -0.384. The molecule has 10 heteroatoms. The normalized spacial score (nSPS) is 15.6. The molecule has 0 aromatic heterocycles. The molecule has 1 N–H and O–H groups in total. The number of amides is 1. The number of para-hydroxylation sites is 2. The van der Waals surface area contributed by atoms with Crippen molar-refractivity contribution in [3.8, 4) is 0 Å². The molecule has 1 amide bonds. The molecule has 1 aliphatic rings. The maximum Gasteiger partial charge on any atom is 0.336 e. The zero-order valence-electron chi connectivity index (χ0n) is 13.7. The molecule has 0 saturated carbocycles. The topological polar surface area (TPSA) is 125 Å². The van der Waals surface area contributed by atoms with E-state index in [1.54, 1.807) is 24.3 Å². The lowest BCUT2D eigenvalue weighted by Crippen LogP contribution is -2.24. The summed E-state index contributed by atoms with van der Waals surface area (Å²) in [6, 6.07) is 12.1.